The third kappa shape index (κ3) is 12.0. The molecule has 1 atom stereocenters. The standard InChI is InChI=1S/C9H25N2O4Si/c1-11(2,3)8-9(12)7-10-5-4-6-16(13,14)15/h9-10,12-15H,4-8H2,1-3H3/q+1. The zero-order chi connectivity index (χ0) is 12.8. The summed E-state index contributed by atoms with van der Waals surface area (Å²) in [6.45, 7) is 1.70. The Labute approximate surface area is 98.1 Å². The average Bonchev–Trinajstić information content (AvgIpc) is 1.97. The predicted octanol–water partition coefficient (Wildman–Crippen LogP) is -2.05. The van der Waals surface area contributed by atoms with E-state index in [9.17, 15) is 5.11 Å². The average molecular weight is 253 g/mol. The topological polar surface area (TPSA) is 93.0 Å². The lowest BCUT2D eigenvalue weighted by atomic mass is 10.3. The van der Waals surface area contributed by atoms with Crippen LogP contribution in [0.3, 0.4) is 0 Å². The molecule has 0 fully saturated rings. The van der Waals surface area contributed by atoms with E-state index >= 15 is 0 Å². The van der Waals surface area contributed by atoms with Crippen molar-refractivity contribution in [2.45, 2.75) is 18.6 Å². The second-order valence-electron chi connectivity index (χ2n) is 5.21. The molecule has 0 aromatic heterocycles. The third-order valence-corrected chi connectivity index (χ3v) is 3.03. The quantitative estimate of drug-likeness (QED) is 0.195. The van der Waals surface area contributed by atoms with E-state index in [2.05, 4.69) is 5.32 Å². The fourth-order valence-electron chi connectivity index (χ4n) is 1.42. The van der Waals surface area contributed by atoms with Gasteiger partial charge < -0.3 is 29.3 Å². The maximum atomic E-state index is 9.63. The van der Waals surface area contributed by atoms with Gasteiger partial charge in [-0.05, 0) is 13.0 Å². The van der Waals surface area contributed by atoms with Gasteiger partial charge in [0.25, 0.3) is 0 Å². The molecule has 0 rings (SSSR count). The molecule has 7 heteroatoms. The van der Waals surface area contributed by atoms with Crippen LogP contribution in [-0.4, -0.2) is 79.7 Å². The minimum Gasteiger partial charge on any atom is -0.390 e. The summed E-state index contributed by atoms with van der Waals surface area (Å²) in [4.78, 5) is 26.2. The summed E-state index contributed by atoms with van der Waals surface area (Å²) in [6, 6.07) is 0.0332. The van der Waals surface area contributed by atoms with Crippen molar-refractivity contribution in [2.24, 2.45) is 0 Å². The monoisotopic (exact) mass is 253 g/mol. The SMILES string of the molecule is C[N+](C)(C)CC(O)CNCCC[Si](O)(O)O. The molecular formula is C9H25N2O4Si+. The van der Waals surface area contributed by atoms with E-state index in [1.165, 1.54) is 0 Å². The van der Waals surface area contributed by atoms with Gasteiger partial charge in [-0.25, -0.2) is 0 Å². The molecule has 6 nitrogen and oxygen atoms in total. The summed E-state index contributed by atoms with van der Waals surface area (Å²) in [6.07, 6.45) is 0.0756. The van der Waals surface area contributed by atoms with Crippen molar-refractivity contribution in [2.75, 3.05) is 40.8 Å². The first-order chi connectivity index (χ1) is 7.10. The molecule has 16 heavy (non-hydrogen) atoms. The Kier molecular flexibility index (Phi) is 6.64. The fourth-order valence-corrected chi connectivity index (χ4v) is 2.07. The van der Waals surface area contributed by atoms with Crippen LogP contribution in [0.1, 0.15) is 6.42 Å². The van der Waals surface area contributed by atoms with Gasteiger partial charge in [-0.15, -0.1) is 0 Å². The number of aliphatic hydroxyl groups is 1. The number of rotatable bonds is 8. The Balaban J connectivity index is 3.45. The van der Waals surface area contributed by atoms with Gasteiger partial charge in [0.05, 0.1) is 21.1 Å². The maximum Gasteiger partial charge on any atom is 0.492 e. The van der Waals surface area contributed by atoms with E-state index in [4.69, 9.17) is 14.4 Å². The van der Waals surface area contributed by atoms with Gasteiger partial charge in [-0.1, -0.05) is 0 Å². The Bertz CT molecular complexity index is 191. The maximum absolute atomic E-state index is 9.63. The van der Waals surface area contributed by atoms with Gasteiger partial charge in [0, 0.05) is 12.6 Å². The highest BCUT2D eigenvalue weighted by Gasteiger charge is 2.25. The summed E-state index contributed by atoms with van der Waals surface area (Å²) in [5.41, 5.74) is 0. The summed E-state index contributed by atoms with van der Waals surface area (Å²) >= 11 is 0. The number of hydrogen-bond acceptors (Lipinski definition) is 5. The molecule has 0 saturated heterocycles. The number of nitrogens with one attached hydrogen (secondary N) is 1. The van der Waals surface area contributed by atoms with E-state index in [0.29, 0.717) is 30.5 Å². The van der Waals surface area contributed by atoms with Crippen LogP contribution in [0.5, 0.6) is 0 Å². The van der Waals surface area contributed by atoms with Crippen LogP contribution in [0, 0.1) is 0 Å². The fraction of sp³-hybridized carbons (Fsp3) is 1.00. The highest BCUT2D eigenvalue weighted by Crippen LogP contribution is 1.99. The van der Waals surface area contributed by atoms with Crippen LogP contribution in [0.4, 0.5) is 0 Å². The Hall–Kier alpha value is -0.0231. The Morgan fingerprint density at radius 1 is 1.19 bits per heavy atom. The van der Waals surface area contributed by atoms with Gasteiger partial charge in [0.15, 0.2) is 0 Å². The molecule has 0 bridgehead atoms. The first-order valence-electron chi connectivity index (χ1n) is 5.46. The van der Waals surface area contributed by atoms with E-state index in [1.54, 1.807) is 0 Å². The van der Waals surface area contributed by atoms with Crippen molar-refractivity contribution >= 4 is 8.80 Å². The van der Waals surface area contributed by atoms with Crippen LogP contribution in [-0.2, 0) is 0 Å². The Morgan fingerprint density at radius 3 is 2.19 bits per heavy atom. The van der Waals surface area contributed by atoms with Gasteiger partial charge >= 0.3 is 8.80 Å². The molecule has 0 radical (unpaired) electrons. The second-order valence-corrected chi connectivity index (χ2v) is 7.26. The number of quaternary nitrogens is 1. The minimum absolute atomic E-state index is 0.0332. The predicted molar refractivity (Wildman–Crippen MR) is 63.6 cm³/mol. The van der Waals surface area contributed by atoms with Crippen molar-refractivity contribution in [1.82, 2.24) is 5.32 Å². The van der Waals surface area contributed by atoms with E-state index in [1.807, 2.05) is 21.1 Å². The molecule has 0 aliphatic heterocycles. The van der Waals surface area contributed by atoms with Crippen molar-refractivity contribution in [3.8, 4) is 0 Å². The highest BCUT2D eigenvalue weighted by molar-refractivity contribution is 6.56. The number of likely N-dealkylation sites (N-methyl/N-ethyl adjacent to an activating group) is 1. The molecular weight excluding hydrogens is 228 g/mol. The van der Waals surface area contributed by atoms with Gasteiger partial charge in [-0.3, -0.25) is 0 Å². The van der Waals surface area contributed by atoms with Crippen LogP contribution in [0.15, 0.2) is 0 Å². The van der Waals surface area contributed by atoms with Gasteiger partial charge in [0.1, 0.15) is 12.6 Å². The largest absolute Gasteiger partial charge is 0.492 e. The van der Waals surface area contributed by atoms with E-state index in [0.717, 1.165) is 0 Å². The molecule has 5 N–H and O–H groups in total. The number of hydrogen-bond donors (Lipinski definition) is 5. The smallest absolute Gasteiger partial charge is 0.390 e. The van der Waals surface area contributed by atoms with Crippen molar-refractivity contribution in [3.05, 3.63) is 0 Å². The van der Waals surface area contributed by atoms with Gasteiger partial charge in [0.2, 0.25) is 0 Å². The normalized spacial score (nSPS) is 15.2. The van der Waals surface area contributed by atoms with Crippen molar-refractivity contribution in [1.29, 1.82) is 0 Å². The zero-order valence-corrected chi connectivity index (χ0v) is 11.3. The third-order valence-electron chi connectivity index (χ3n) is 2.00. The molecule has 0 aromatic rings. The highest BCUT2D eigenvalue weighted by atomic mass is 28.4. The summed E-state index contributed by atoms with van der Waals surface area (Å²) in [7, 11) is 2.14. The first-order valence-corrected chi connectivity index (χ1v) is 7.51. The lowest BCUT2D eigenvalue weighted by Gasteiger charge is -2.26. The summed E-state index contributed by atoms with van der Waals surface area (Å²) in [5.74, 6) is 0. The number of nitrogens with zero attached hydrogens (tertiary/aromatic N) is 1. The second kappa shape index (κ2) is 6.65. The molecule has 0 saturated carbocycles. The summed E-state index contributed by atoms with van der Waals surface area (Å²) in [5, 5.41) is 12.6. The molecule has 0 aliphatic rings. The molecule has 98 valence electrons. The molecule has 0 heterocycles. The van der Waals surface area contributed by atoms with Crippen LogP contribution in [0.2, 0.25) is 6.04 Å². The summed E-state index contributed by atoms with van der Waals surface area (Å²) < 4.78 is 0.697. The number of aliphatic hydroxyl groups excluding tert-OH is 1. The lowest BCUT2D eigenvalue weighted by Crippen LogP contribution is -2.45. The Morgan fingerprint density at radius 2 is 1.75 bits per heavy atom. The zero-order valence-electron chi connectivity index (χ0n) is 10.3. The van der Waals surface area contributed by atoms with Crippen LogP contribution < -0.4 is 5.32 Å². The first kappa shape index (κ1) is 16.0. The minimum atomic E-state index is -3.88. The van der Waals surface area contributed by atoms with E-state index in [-0.39, 0.29) is 6.04 Å². The molecule has 0 aromatic carbocycles. The van der Waals surface area contributed by atoms with Crippen molar-refractivity contribution < 1.29 is 24.0 Å². The van der Waals surface area contributed by atoms with Crippen molar-refractivity contribution in [3.63, 3.8) is 0 Å². The van der Waals surface area contributed by atoms with E-state index < -0.39 is 14.9 Å². The molecule has 0 spiro atoms. The molecule has 1 unspecified atom stereocenters. The van der Waals surface area contributed by atoms with Crippen LogP contribution in [0.25, 0.3) is 0 Å². The lowest BCUT2D eigenvalue weighted by molar-refractivity contribution is -0.873. The molecule has 0 amide bonds. The van der Waals surface area contributed by atoms with Gasteiger partial charge in [-0.2, -0.15) is 0 Å². The molecule has 0 aliphatic carbocycles. The van der Waals surface area contributed by atoms with Crippen LogP contribution >= 0.6 is 0 Å².